The number of rotatable bonds is 2. The first-order chi connectivity index (χ1) is 8.19. The Bertz CT molecular complexity index is 475. The van der Waals surface area contributed by atoms with Crippen LogP contribution in [0.4, 0.5) is 0 Å². The molecule has 0 aliphatic heterocycles. The molecule has 2 aliphatic rings. The molecule has 1 nitrogen and oxygen atoms in total. The summed E-state index contributed by atoms with van der Waals surface area (Å²) in [5.74, 6) is 0.557. The molecular weight excluding hydrogens is 206 g/mol. The molecule has 1 unspecified atom stereocenters. The second-order valence-corrected chi connectivity index (χ2v) is 5.41. The van der Waals surface area contributed by atoms with Gasteiger partial charge in [-0.15, -0.1) is 0 Å². The summed E-state index contributed by atoms with van der Waals surface area (Å²) in [5, 5.41) is 0. The molecule has 0 heterocycles. The first-order valence-corrected chi connectivity index (χ1v) is 6.42. The first kappa shape index (κ1) is 10.8. The summed E-state index contributed by atoms with van der Waals surface area (Å²) >= 11 is 0. The maximum Gasteiger partial charge on any atom is 0.0411 e. The summed E-state index contributed by atoms with van der Waals surface area (Å²) in [5.41, 5.74) is 10.4. The van der Waals surface area contributed by atoms with Crippen LogP contribution >= 0.6 is 0 Å². The van der Waals surface area contributed by atoms with Crippen LogP contribution in [0.1, 0.15) is 43.2 Å². The summed E-state index contributed by atoms with van der Waals surface area (Å²) in [6.07, 6.45) is 10.0. The van der Waals surface area contributed by atoms with E-state index in [1.54, 1.807) is 0 Å². The second kappa shape index (κ2) is 3.85. The zero-order valence-corrected chi connectivity index (χ0v) is 10.3. The van der Waals surface area contributed by atoms with E-state index >= 15 is 0 Å². The predicted molar refractivity (Wildman–Crippen MR) is 71.8 cm³/mol. The fourth-order valence-electron chi connectivity index (χ4n) is 2.61. The smallest absolute Gasteiger partial charge is 0.0411 e. The van der Waals surface area contributed by atoms with Gasteiger partial charge < -0.3 is 5.73 Å². The van der Waals surface area contributed by atoms with Crippen LogP contribution in [0.2, 0.25) is 0 Å². The molecule has 0 spiro atoms. The molecule has 17 heavy (non-hydrogen) atoms. The standard InChI is InChI=1S/C16H19N/c1-12-4-2-3-5-15(12)13-6-8-14(9-7-13)16(17)10-11-16/h2-4,6-9,15H,5,10-11,17H2,1H3. The molecule has 1 saturated carbocycles. The second-order valence-electron chi connectivity index (χ2n) is 5.41. The van der Waals surface area contributed by atoms with Gasteiger partial charge in [0, 0.05) is 11.5 Å². The predicted octanol–water partition coefficient (Wildman–Crippen LogP) is 3.62. The van der Waals surface area contributed by atoms with E-state index in [1.807, 2.05) is 0 Å². The molecule has 2 N–H and O–H groups in total. The molecule has 1 fully saturated rings. The maximum atomic E-state index is 6.20. The summed E-state index contributed by atoms with van der Waals surface area (Å²) in [7, 11) is 0. The van der Waals surface area contributed by atoms with Crippen molar-refractivity contribution in [1.82, 2.24) is 0 Å². The van der Waals surface area contributed by atoms with Crippen molar-refractivity contribution in [3.63, 3.8) is 0 Å². The number of allylic oxidation sites excluding steroid dienone is 4. The van der Waals surface area contributed by atoms with E-state index in [1.165, 1.54) is 16.7 Å². The number of hydrogen-bond donors (Lipinski definition) is 1. The minimum absolute atomic E-state index is 0.00409. The van der Waals surface area contributed by atoms with Crippen molar-refractivity contribution in [2.24, 2.45) is 5.73 Å². The highest BCUT2D eigenvalue weighted by Gasteiger charge is 2.39. The third-order valence-corrected chi connectivity index (χ3v) is 4.09. The van der Waals surface area contributed by atoms with E-state index in [0.717, 1.165) is 19.3 Å². The van der Waals surface area contributed by atoms with E-state index in [9.17, 15) is 0 Å². The van der Waals surface area contributed by atoms with Gasteiger partial charge in [-0.2, -0.15) is 0 Å². The van der Waals surface area contributed by atoms with Crippen molar-refractivity contribution >= 4 is 0 Å². The highest BCUT2D eigenvalue weighted by atomic mass is 14.8. The molecule has 0 saturated heterocycles. The van der Waals surface area contributed by atoms with Crippen LogP contribution in [0.15, 0.2) is 48.1 Å². The number of benzene rings is 1. The minimum Gasteiger partial charge on any atom is -0.321 e. The largest absolute Gasteiger partial charge is 0.321 e. The van der Waals surface area contributed by atoms with Crippen molar-refractivity contribution < 1.29 is 0 Å². The van der Waals surface area contributed by atoms with Crippen LogP contribution in [0, 0.1) is 0 Å². The molecule has 1 aromatic carbocycles. The van der Waals surface area contributed by atoms with Crippen molar-refractivity contribution in [2.75, 3.05) is 0 Å². The monoisotopic (exact) mass is 225 g/mol. The minimum atomic E-state index is -0.00409. The van der Waals surface area contributed by atoms with Crippen molar-refractivity contribution in [3.8, 4) is 0 Å². The van der Waals surface area contributed by atoms with E-state index < -0.39 is 0 Å². The summed E-state index contributed by atoms with van der Waals surface area (Å²) < 4.78 is 0. The van der Waals surface area contributed by atoms with Crippen LogP contribution in [-0.2, 0) is 5.54 Å². The molecular formula is C16H19N. The Balaban J connectivity index is 1.85. The van der Waals surface area contributed by atoms with Crippen LogP contribution in [-0.4, -0.2) is 0 Å². The van der Waals surface area contributed by atoms with Gasteiger partial charge in [-0.25, -0.2) is 0 Å². The molecule has 0 bridgehead atoms. The summed E-state index contributed by atoms with van der Waals surface area (Å²) in [6, 6.07) is 8.94. The van der Waals surface area contributed by atoms with Crippen molar-refractivity contribution in [1.29, 1.82) is 0 Å². The van der Waals surface area contributed by atoms with Crippen LogP contribution in [0.3, 0.4) is 0 Å². The Labute approximate surface area is 103 Å². The molecule has 88 valence electrons. The van der Waals surface area contributed by atoms with Gasteiger partial charge in [0.1, 0.15) is 0 Å². The lowest BCUT2D eigenvalue weighted by atomic mass is 9.85. The zero-order chi connectivity index (χ0) is 11.9. The quantitative estimate of drug-likeness (QED) is 0.817. The van der Waals surface area contributed by atoms with E-state index in [0.29, 0.717) is 5.92 Å². The Hall–Kier alpha value is -1.34. The average Bonchev–Trinajstić information content (AvgIpc) is 3.10. The number of hydrogen-bond acceptors (Lipinski definition) is 1. The van der Waals surface area contributed by atoms with Gasteiger partial charge in [-0.05, 0) is 37.3 Å². The SMILES string of the molecule is CC1=CC=CCC1c1ccc(C2(N)CC2)cc1. The lowest BCUT2D eigenvalue weighted by Gasteiger charge is -2.20. The molecule has 1 heteroatoms. The molecule has 0 amide bonds. The normalized spacial score (nSPS) is 25.5. The molecule has 0 radical (unpaired) electrons. The lowest BCUT2D eigenvalue weighted by Crippen LogP contribution is -2.18. The lowest BCUT2D eigenvalue weighted by molar-refractivity contribution is 0.736. The van der Waals surface area contributed by atoms with Gasteiger partial charge in [0.2, 0.25) is 0 Å². The molecule has 2 aliphatic carbocycles. The number of nitrogens with two attached hydrogens (primary N) is 1. The Morgan fingerprint density at radius 3 is 2.47 bits per heavy atom. The fourth-order valence-corrected chi connectivity index (χ4v) is 2.61. The van der Waals surface area contributed by atoms with Gasteiger partial charge in [0.05, 0.1) is 0 Å². The topological polar surface area (TPSA) is 26.0 Å². The zero-order valence-electron chi connectivity index (χ0n) is 10.3. The Morgan fingerprint density at radius 2 is 1.88 bits per heavy atom. The Kier molecular flexibility index (Phi) is 2.44. The maximum absolute atomic E-state index is 6.20. The third kappa shape index (κ3) is 1.96. The van der Waals surface area contributed by atoms with Crippen LogP contribution in [0.25, 0.3) is 0 Å². The van der Waals surface area contributed by atoms with E-state index in [4.69, 9.17) is 5.73 Å². The highest BCUT2D eigenvalue weighted by molar-refractivity contribution is 5.38. The van der Waals surface area contributed by atoms with Gasteiger partial charge in [-0.3, -0.25) is 0 Å². The van der Waals surface area contributed by atoms with E-state index in [2.05, 4.69) is 49.4 Å². The molecule has 1 atom stereocenters. The highest BCUT2D eigenvalue weighted by Crippen LogP contribution is 2.43. The van der Waals surface area contributed by atoms with Gasteiger partial charge in [0.15, 0.2) is 0 Å². The van der Waals surface area contributed by atoms with Crippen molar-refractivity contribution in [2.45, 2.75) is 37.6 Å². The van der Waals surface area contributed by atoms with Crippen LogP contribution in [0.5, 0.6) is 0 Å². The average molecular weight is 225 g/mol. The third-order valence-electron chi connectivity index (χ3n) is 4.09. The summed E-state index contributed by atoms with van der Waals surface area (Å²) in [4.78, 5) is 0. The van der Waals surface area contributed by atoms with Gasteiger partial charge in [-0.1, -0.05) is 48.1 Å². The van der Waals surface area contributed by atoms with E-state index in [-0.39, 0.29) is 5.54 Å². The molecule has 3 rings (SSSR count). The van der Waals surface area contributed by atoms with Gasteiger partial charge in [0.25, 0.3) is 0 Å². The first-order valence-electron chi connectivity index (χ1n) is 6.42. The van der Waals surface area contributed by atoms with Crippen LogP contribution < -0.4 is 5.73 Å². The van der Waals surface area contributed by atoms with Crippen molar-refractivity contribution in [3.05, 3.63) is 59.2 Å². The molecule has 1 aromatic rings. The summed E-state index contributed by atoms with van der Waals surface area (Å²) in [6.45, 7) is 2.22. The van der Waals surface area contributed by atoms with Gasteiger partial charge >= 0.3 is 0 Å². The fraction of sp³-hybridized carbons (Fsp3) is 0.375. The Morgan fingerprint density at radius 1 is 1.18 bits per heavy atom. The molecule has 0 aromatic heterocycles.